The van der Waals surface area contributed by atoms with Crippen molar-refractivity contribution in [1.29, 1.82) is 0 Å². The zero-order valence-electron chi connectivity index (χ0n) is 16.9. The van der Waals surface area contributed by atoms with Gasteiger partial charge in [-0.15, -0.1) is 0 Å². The van der Waals surface area contributed by atoms with Crippen molar-refractivity contribution in [1.82, 2.24) is 20.2 Å². The Balaban J connectivity index is 1.26. The molecule has 29 heavy (non-hydrogen) atoms. The molecule has 0 unspecified atom stereocenters. The van der Waals surface area contributed by atoms with Crippen molar-refractivity contribution in [3.05, 3.63) is 54.7 Å². The van der Waals surface area contributed by atoms with Crippen molar-refractivity contribution in [3.8, 4) is 11.3 Å². The fourth-order valence-electron chi connectivity index (χ4n) is 4.58. The first kappa shape index (κ1) is 18.5. The first-order chi connectivity index (χ1) is 14.3. The Labute approximate surface area is 172 Å². The van der Waals surface area contributed by atoms with Crippen LogP contribution in [0.1, 0.15) is 12.8 Å². The standard InChI is InChI=1S/C24H29N5/c1-2-4-21-17-22(6-5-20(21)3-1)23-7-10-26-24(27-23)29-13-8-19(9-14-29)18-28-15-11-25-12-16-28/h1-7,10,17,19,25H,8-9,11-16,18H2. The number of aromatic nitrogens is 2. The third kappa shape index (κ3) is 4.26. The molecule has 2 aliphatic heterocycles. The second-order valence-corrected chi connectivity index (χ2v) is 8.28. The molecule has 0 radical (unpaired) electrons. The molecule has 0 aliphatic carbocycles. The molecule has 2 saturated heterocycles. The van der Waals surface area contributed by atoms with Crippen LogP contribution in [0, 0.1) is 5.92 Å². The number of nitrogens with zero attached hydrogens (tertiary/aromatic N) is 4. The summed E-state index contributed by atoms with van der Waals surface area (Å²) in [5.41, 5.74) is 2.16. The first-order valence-corrected chi connectivity index (χ1v) is 10.9. The quantitative estimate of drug-likeness (QED) is 0.743. The smallest absolute Gasteiger partial charge is 0.225 e. The minimum Gasteiger partial charge on any atom is -0.341 e. The number of anilines is 1. The molecule has 5 nitrogen and oxygen atoms in total. The van der Waals surface area contributed by atoms with Crippen molar-refractivity contribution in [3.63, 3.8) is 0 Å². The summed E-state index contributed by atoms with van der Waals surface area (Å²) in [5, 5.41) is 5.95. The normalized spacial score (nSPS) is 19.0. The van der Waals surface area contributed by atoms with E-state index in [1.165, 1.54) is 43.2 Å². The van der Waals surface area contributed by atoms with Gasteiger partial charge in [0.25, 0.3) is 0 Å². The number of benzene rings is 2. The molecule has 2 aliphatic rings. The van der Waals surface area contributed by atoms with Gasteiger partial charge in [-0.05, 0) is 41.7 Å². The molecule has 3 heterocycles. The number of piperazine rings is 1. The van der Waals surface area contributed by atoms with E-state index in [4.69, 9.17) is 4.98 Å². The lowest BCUT2D eigenvalue weighted by Gasteiger charge is -2.36. The molecule has 0 bridgehead atoms. The van der Waals surface area contributed by atoms with Gasteiger partial charge >= 0.3 is 0 Å². The molecular weight excluding hydrogens is 358 g/mol. The zero-order chi connectivity index (χ0) is 19.5. The van der Waals surface area contributed by atoms with Gasteiger partial charge < -0.3 is 15.1 Å². The first-order valence-electron chi connectivity index (χ1n) is 10.9. The molecular formula is C24H29N5. The van der Waals surface area contributed by atoms with E-state index in [1.54, 1.807) is 0 Å². The van der Waals surface area contributed by atoms with Gasteiger partial charge in [0.2, 0.25) is 5.95 Å². The van der Waals surface area contributed by atoms with Crippen molar-refractivity contribution < 1.29 is 0 Å². The maximum Gasteiger partial charge on any atom is 0.225 e. The van der Waals surface area contributed by atoms with E-state index < -0.39 is 0 Å². The molecule has 0 amide bonds. The van der Waals surface area contributed by atoms with E-state index in [0.717, 1.165) is 49.3 Å². The molecule has 0 spiro atoms. The second kappa shape index (κ2) is 8.47. The van der Waals surface area contributed by atoms with Gasteiger partial charge in [0.05, 0.1) is 5.69 Å². The molecule has 2 aromatic carbocycles. The van der Waals surface area contributed by atoms with Gasteiger partial charge in [-0.3, -0.25) is 0 Å². The highest BCUT2D eigenvalue weighted by molar-refractivity contribution is 5.86. The SMILES string of the molecule is c1ccc2cc(-c3ccnc(N4CCC(CN5CCNCC5)CC4)n3)ccc2c1. The van der Waals surface area contributed by atoms with Crippen LogP contribution in [-0.4, -0.2) is 60.7 Å². The molecule has 5 rings (SSSR count). The van der Waals surface area contributed by atoms with Crippen LogP contribution in [0.3, 0.4) is 0 Å². The predicted octanol–water partition coefficient (Wildman–Crippen LogP) is 3.42. The van der Waals surface area contributed by atoms with Crippen LogP contribution < -0.4 is 10.2 Å². The molecule has 5 heteroatoms. The Morgan fingerprint density at radius 1 is 0.897 bits per heavy atom. The topological polar surface area (TPSA) is 44.3 Å². The molecule has 3 aromatic rings. The number of fused-ring (bicyclic) bond motifs is 1. The number of nitrogens with one attached hydrogen (secondary N) is 1. The Kier molecular flexibility index (Phi) is 5.41. The van der Waals surface area contributed by atoms with Crippen LogP contribution in [0.15, 0.2) is 54.7 Å². The van der Waals surface area contributed by atoms with E-state index in [2.05, 4.69) is 62.6 Å². The Hall–Kier alpha value is -2.50. The Morgan fingerprint density at radius 3 is 2.52 bits per heavy atom. The summed E-state index contributed by atoms with van der Waals surface area (Å²) >= 11 is 0. The van der Waals surface area contributed by atoms with E-state index in [0.29, 0.717) is 0 Å². The van der Waals surface area contributed by atoms with Crippen LogP contribution in [0.4, 0.5) is 5.95 Å². The maximum absolute atomic E-state index is 4.91. The highest BCUT2D eigenvalue weighted by atomic mass is 15.3. The Morgan fingerprint density at radius 2 is 1.69 bits per heavy atom. The van der Waals surface area contributed by atoms with Crippen LogP contribution >= 0.6 is 0 Å². The third-order valence-corrected chi connectivity index (χ3v) is 6.31. The zero-order valence-corrected chi connectivity index (χ0v) is 16.9. The van der Waals surface area contributed by atoms with Crippen LogP contribution in [0.2, 0.25) is 0 Å². The summed E-state index contributed by atoms with van der Waals surface area (Å²) < 4.78 is 0. The summed E-state index contributed by atoms with van der Waals surface area (Å²) in [6, 6.07) is 17.0. The van der Waals surface area contributed by atoms with E-state index in [9.17, 15) is 0 Å². The van der Waals surface area contributed by atoms with E-state index >= 15 is 0 Å². The van der Waals surface area contributed by atoms with Gasteiger partial charge in [0, 0.05) is 57.6 Å². The van der Waals surface area contributed by atoms with Crippen molar-refractivity contribution >= 4 is 16.7 Å². The maximum atomic E-state index is 4.91. The summed E-state index contributed by atoms with van der Waals surface area (Å²) in [6.07, 6.45) is 4.36. The molecule has 1 N–H and O–H groups in total. The lowest BCUT2D eigenvalue weighted by Crippen LogP contribution is -2.47. The average Bonchev–Trinajstić information content (AvgIpc) is 2.80. The molecule has 150 valence electrons. The summed E-state index contributed by atoms with van der Waals surface area (Å²) in [5.74, 6) is 1.67. The Bertz CT molecular complexity index is 958. The van der Waals surface area contributed by atoms with Gasteiger partial charge in [0.1, 0.15) is 0 Å². The van der Waals surface area contributed by atoms with E-state index in [-0.39, 0.29) is 0 Å². The number of rotatable bonds is 4. The van der Waals surface area contributed by atoms with Gasteiger partial charge in [0.15, 0.2) is 0 Å². The lowest BCUT2D eigenvalue weighted by atomic mass is 9.96. The minimum atomic E-state index is 0.799. The highest BCUT2D eigenvalue weighted by Crippen LogP contribution is 2.26. The fraction of sp³-hybridized carbons (Fsp3) is 0.417. The van der Waals surface area contributed by atoms with Crippen molar-refractivity contribution in [2.24, 2.45) is 5.92 Å². The van der Waals surface area contributed by atoms with Gasteiger partial charge in [-0.1, -0.05) is 36.4 Å². The number of hydrogen-bond acceptors (Lipinski definition) is 5. The van der Waals surface area contributed by atoms with Crippen molar-refractivity contribution in [2.75, 3.05) is 50.7 Å². The fourth-order valence-corrected chi connectivity index (χ4v) is 4.58. The van der Waals surface area contributed by atoms with E-state index in [1.807, 2.05) is 12.3 Å². The predicted molar refractivity (Wildman–Crippen MR) is 119 cm³/mol. The molecule has 0 atom stereocenters. The van der Waals surface area contributed by atoms with Gasteiger partial charge in [-0.2, -0.15) is 0 Å². The largest absolute Gasteiger partial charge is 0.341 e. The highest BCUT2D eigenvalue weighted by Gasteiger charge is 2.23. The molecule has 1 aromatic heterocycles. The summed E-state index contributed by atoms with van der Waals surface area (Å²) in [4.78, 5) is 14.5. The molecule has 0 saturated carbocycles. The average molecular weight is 388 g/mol. The van der Waals surface area contributed by atoms with Gasteiger partial charge in [-0.25, -0.2) is 9.97 Å². The summed E-state index contributed by atoms with van der Waals surface area (Å²) in [7, 11) is 0. The lowest BCUT2D eigenvalue weighted by molar-refractivity contribution is 0.190. The monoisotopic (exact) mass is 387 g/mol. The van der Waals surface area contributed by atoms with Crippen molar-refractivity contribution in [2.45, 2.75) is 12.8 Å². The molecule has 2 fully saturated rings. The number of hydrogen-bond donors (Lipinski definition) is 1. The summed E-state index contributed by atoms with van der Waals surface area (Å²) in [6.45, 7) is 8.00. The van der Waals surface area contributed by atoms with Crippen LogP contribution in [0.25, 0.3) is 22.0 Å². The second-order valence-electron chi connectivity index (χ2n) is 8.28. The third-order valence-electron chi connectivity index (χ3n) is 6.31. The number of piperidine rings is 1. The van der Waals surface area contributed by atoms with Crippen LogP contribution in [-0.2, 0) is 0 Å². The van der Waals surface area contributed by atoms with Crippen LogP contribution in [0.5, 0.6) is 0 Å². The minimum absolute atomic E-state index is 0.799.